The number of nitrogens with zero attached hydrogens (tertiary/aromatic N) is 5. The molecule has 6 nitrogen and oxygen atoms in total. The van der Waals surface area contributed by atoms with Crippen molar-refractivity contribution < 1.29 is 0 Å². The lowest BCUT2D eigenvalue weighted by atomic mass is 10.1. The predicted octanol–water partition coefficient (Wildman–Crippen LogP) is 3.24. The number of aryl methyl sites for hydroxylation is 1. The van der Waals surface area contributed by atoms with Gasteiger partial charge >= 0.3 is 0 Å². The fourth-order valence-corrected chi connectivity index (χ4v) is 3.96. The van der Waals surface area contributed by atoms with Gasteiger partial charge in [-0.1, -0.05) is 30.3 Å². The summed E-state index contributed by atoms with van der Waals surface area (Å²) in [6.07, 6.45) is 9.44. The van der Waals surface area contributed by atoms with Gasteiger partial charge in [0.2, 0.25) is 0 Å². The maximum Gasteiger partial charge on any atom is 0.162 e. The third-order valence-corrected chi connectivity index (χ3v) is 5.26. The second kappa shape index (κ2) is 6.63. The molecule has 3 heterocycles. The van der Waals surface area contributed by atoms with Gasteiger partial charge in [-0.3, -0.25) is 10.00 Å². The second-order valence-corrected chi connectivity index (χ2v) is 7.31. The summed E-state index contributed by atoms with van der Waals surface area (Å²) in [7, 11) is 2.12. The van der Waals surface area contributed by atoms with Gasteiger partial charge in [0.15, 0.2) is 5.65 Å². The van der Waals surface area contributed by atoms with Gasteiger partial charge in [-0.25, -0.2) is 9.50 Å². The number of H-pyrrole nitrogens is 1. The van der Waals surface area contributed by atoms with E-state index in [4.69, 9.17) is 0 Å². The molecule has 1 aliphatic carbocycles. The summed E-state index contributed by atoms with van der Waals surface area (Å²) in [6.45, 7) is 1.66. The normalized spacial score (nSPS) is 13.6. The molecule has 1 aromatic carbocycles. The minimum atomic E-state index is 0.811. The van der Waals surface area contributed by atoms with E-state index in [1.807, 2.05) is 35.1 Å². The largest absolute Gasteiger partial charge is 0.296 e. The first kappa shape index (κ1) is 16.2. The number of hydrogen-bond acceptors (Lipinski definition) is 4. The van der Waals surface area contributed by atoms with E-state index in [0.717, 1.165) is 48.3 Å². The standard InChI is InChI=1S/C21H22N6/c1-26(14-20-17-8-5-9-19(17)24-25-20)12-15-10-22-21-18(11-23-27(21)13-15)16-6-3-2-4-7-16/h2-4,6-7,10-11,13H,5,8-9,12,14H2,1H3,(H,24,25). The first-order chi connectivity index (χ1) is 13.3. The lowest BCUT2D eigenvalue weighted by molar-refractivity contribution is 0.313. The highest BCUT2D eigenvalue weighted by atomic mass is 15.2. The summed E-state index contributed by atoms with van der Waals surface area (Å²) >= 11 is 0. The molecule has 1 aliphatic rings. The van der Waals surface area contributed by atoms with E-state index in [1.54, 1.807) is 0 Å². The van der Waals surface area contributed by atoms with Crippen LogP contribution in [0.4, 0.5) is 0 Å². The van der Waals surface area contributed by atoms with E-state index in [-0.39, 0.29) is 0 Å². The number of rotatable bonds is 5. The molecular weight excluding hydrogens is 336 g/mol. The lowest BCUT2D eigenvalue weighted by Gasteiger charge is -2.16. The van der Waals surface area contributed by atoms with Gasteiger partial charge in [-0.15, -0.1) is 0 Å². The highest BCUT2D eigenvalue weighted by Gasteiger charge is 2.19. The molecule has 0 spiro atoms. The Kier molecular flexibility index (Phi) is 3.98. The van der Waals surface area contributed by atoms with Crippen LogP contribution in [0, 0.1) is 0 Å². The smallest absolute Gasteiger partial charge is 0.162 e. The van der Waals surface area contributed by atoms with E-state index < -0.39 is 0 Å². The number of aromatic amines is 1. The molecule has 27 heavy (non-hydrogen) atoms. The van der Waals surface area contributed by atoms with E-state index >= 15 is 0 Å². The van der Waals surface area contributed by atoms with Gasteiger partial charge in [-0.2, -0.15) is 10.2 Å². The Labute approximate surface area is 157 Å². The molecule has 0 amide bonds. The summed E-state index contributed by atoms with van der Waals surface area (Å²) in [5.74, 6) is 0. The summed E-state index contributed by atoms with van der Waals surface area (Å²) in [6, 6.07) is 10.3. The van der Waals surface area contributed by atoms with Crippen molar-refractivity contribution in [3.8, 4) is 11.1 Å². The van der Waals surface area contributed by atoms with Gasteiger partial charge in [0, 0.05) is 42.3 Å². The quantitative estimate of drug-likeness (QED) is 0.595. The Morgan fingerprint density at radius 1 is 1.11 bits per heavy atom. The molecule has 0 unspecified atom stereocenters. The van der Waals surface area contributed by atoms with Crippen LogP contribution in [0.15, 0.2) is 48.9 Å². The third-order valence-electron chi connectivity index (χ3n) is 5.26. The van der Waals surface area contributed by atoms with Crippen LogP contribution in [0.2, 0.25) is 0 Å². The molecule has 6 heteroatoms. The number of nitrogens with one attached hydrogen (secondary N) is 1. The fourth-order valence-electron chi connectivity index (χ4n) is 3.96. The monoisotopic (exact) mass is 358 g/mol. The highest BCUT2D eigenvalue weighted by Crippen LogP contribution is 2.25. The second-order valence-electron chi connectivity index (χ2n) is 7.31. The maximum absolute atomic E-state index is 4.68. The van der Waals surface area contributed by atoms with Crippen molar-refractivity contribution >= 4 is 5.65 Å². The van der Waals surface area contributed by atoms with Crippen LogP contribution >= 0.6 is 0 Å². The molecule has 0 atom stereocenters. The summed E-state index contributed by atoms with van der Waals surface area (Å²) < 4.78 is 1.87. The summed E-state index contributed by atoms with van der Waals surface area (Å²) in [5.41, 5.74) is 8.16. The minimum Gasteiger partial charge on any atom is -0.296 e. The average molecular weight is 358 g/mol. The van der Waals surface area contributed by atoms with Crippen molar-refractivity contribution in [2.75, 3.05) is 7.05 Å². The van der Waals surface area contributed by atoms with Crippen molar-refractivity contribution in [2.45, 2.75) is 32.4 Å². The maximum atomic E-state index is 4.68. The zero-order chi connectivity index (χ0) is 18.2. The van der Waals surface area contributed by atoms with Gasteiger partial charge in [-0.05, 0) is 37.4 Å². The molecule has 0 saturated carbocycles. The molecule has 0 radical (unpaired) electrons. The van der Waals surface area contributed by atoms with Gasteiger partial charge in [0.05, 0.1) is 11.9 Å². The van der Waals surface area contributed by atoms with E-state index in [2.05, 4.69) is 50.6 Å². The molecular formula is C21H22N6. The van der Waals surface area contributed by atoms with Crippen LogP contribution in [0.5, 0.6) is 0 Å². The van der Waals surface area contributed by atoms with Crippen LogP contribution in [0.25, 0.3) is 16.8 Å². The predicted molar refractivity (Wildman–Crippen MR) is 104 cm³/mol. The molecule has 5 rings (SSSR count). The van der Waals surface area contributed by atoms with E-state index in [1.165, 1.54) is 23.4 Å². The zero-order valence-corrected chi connectivity index (χ0v) is 15.4. The van der Waals surface area contributed by atoms with Gasteiger partial charge in [0.25, 0.3) is 0 Å². The van der Waals surface area contributed by atoms with Crippen molar-refractivity contribution in [2.24, 2.45) is 0 Å². The molecule has 136 valence electrons. The van der Waals surface area contributed by atoms with E-state index in [9.17, 15) is 0 Å². The first-order valence-electron chi connectivity index (χ1n) is 9.39. The molecule has 0 bridgehead atoms. The number of aromatic nitrogens is 5. The van der Waals surface area contributed by atoms with Crippen molar-refractivity contribution in [1.29, 1.82) is 0 Å². The summed E-state index contributed by atoms with van der Waals surface area (Å²) in [4.78, 5) is 6.95. The molecule has 0 aliphatic heterocycles. The SMILES string of the molecule is CN(Cc1cnc2c(-c3ccccc3)cnn2c1)Cc1n[nH]c2c1CCC2. The van der Waals surface area contributed by atoms with Gasteiger partial charge in [0.1, 0.15) is 0 Å². The number of benzene rings is 1. The molecule has 0 fully saturated rings. The van der Waals surface area contributed by atoms with Crippen LogP contribution in [0.1, 0.15) is 28.9 Å². The molecule has 4 aromatic rings. The Morgan fingerprint density at radius 3 is 2.89 bits per heavy atom. The minimum absolute atomic E-state index is 0.811. The summed E-state index contributed by atoms with van der Waals surface area (Å²) in [5, 5.41) is 12.2. The van der Waals surface area contributed by atoms with Crippen molar-refractivity contribution in [3.63, 3.8) is 0 Å². The molecule has 1 N–H and O–H groups in total. The Balaban J connectivity index is 1.35. The fraction of sp³-hybridized carbons (Fsp3) is 0.286. The topological polar surface area (TPSA) is 62.1 Å². The lowest BCUT2D eigenvalue weighted by Crippen LogP contribution is -2.18. The van der Waals surface area contributed by atoms with Crippen LogP contribution in [-0.2, 0) is 25.9 Å². The number of fused-ring (bicyclic) bond motifs is 2. The molecule has 3 aromatic heterocycles. The Bertz CT molecular complexity index is 1080. The Hall–Kier alpha value is -2.99. The zero-order valence-electron chi connectivity index (χ0n) is 15.4. The van der Waals surface area contributed by atoms with Gasteiger partial charge < -0.3 is 0 Å². The highest BCUT2D eigenvalue weighted by molar-refractivity contribution is 5.76. The van der Waals surface area contributed by atoms with Crippen LogP contribution < -0.4 is 0 Å². The van der Waals surface area contributed by atoms with Crippen molar-refractivity contribution in [3.05, 3.63) is 71.4 Å². The average Bonchev–Trinajstić information content (AvgIpc) is 3.39. The molecule has 0 saturated heterocycles. The van der Waals surface area contributed by atoms with Crippen LogP contribution in [0.3, 0.4) is 0 Å². The number of hydrogen-bond donors (Lipinski definition) is 1. The van der Waals surface area contributed by atoms with Crippen molar-refractivity contribution in [1.82, 2.24) is 29.7 Å². The third kappa shape index (κ3) is 3.02. The Morgan fingerprint density at radius 2 is 2.00 bits per heavy atom. The van der Waals surface area contributed by atoms with Crippen LogP contribution in [-0.4, -0.2) is 36.7 Å². The first-order valence-corrected chi connectivity index (χ1v) is 9.39. The van der Waals surface area contributed by atoms with E-state index in [0.29, 0.717) is 0 Å².